The number of aliphatic hydroxyl groups is 6. The Bertz CT molecular complexity index is 359. The van der Waals surface area contributed by atoms with E-state index in [0.717, 1.165) is 6.92 Å². The number of esters is 1. The van der Waals surface area contributed by atoms with Gasteiger partial charge in [0.25, 0.3) is 0 Å². The summed E-state index contributed by atoms with van der Waals surface area (Å²) in [5.41, 5.74) is 0. The molecule has 9 heteroatoms. The summed E-state index contributed by atoms with van der Waals surface area (Å²) >= 11 is 0. The number of hydrogen-bond acceptors (Lipinski definition) is 9. The first kappa shape index (κ1) is 18.2. The number of aliphatic hydroxyl groups excluding tert-OH is 5. The minimum Gasteiger partial charge on any atom is -0.466 e. The zero-order valence-electron chi connectivity index (χ0n) is 11.8. The normalized spacial score (nSPS) is 39.6. The third-order valence-electron chi connectivity index (χ3n) is 3.44. The first-order valence-electron chi connectivity index (χ1n) is 6.57. The Labute approximate surface area is 121 Å². The van der Waals surface area contributed by atoms with E-state index in [9.17, 15) is 30.3 Å². The first-order chi connectivity index (χ1) is 9.67. The van der Waals surface area contributed by atoms with Crippen LogP contribution in [0.2, 0.25) is 0 Å². The Balaban J connectivity index is 2.98. The quantitative estimate of drug-likeness (QED) is 0.286. The van der Waals surface area contributed by atoms with Crippen molar-refractivity contribution in [2.75, 3.05) is 13.2 Å². The Hall–Kier alpha value is -0.810. The molecule has 0 aromatic rings. The van der Waals surface area contributed by atoms with Crippen molar-refractivity contribution in [3.8, 4) is 0 Å². The van der Waals surface area contributed by atoms with Gasteiger partial charge in [0.15, 0.2) is 5.79 Å². The fraction of sp³-hybridized carbons (Fsp3) is 0.917. The van der Waals surface area contributed by atoms with Gasteiger partial charge in [0.05, 0.1) is 13.2 Å². The Morgan fingerprint density at radius 3 is 2.38 bits per heavy atom. The average Bonchev–Trinajstić information content (AvgIpc) is 2.41. The molecule has 1 rings (SSSR count). The number of carbonyl (C=O) groups excluding carboxylic acids is 1. The smallest absolute Gasteiger partial charge is 0.317 e. The molecule has 21 heavy (non-hydrogen) atoms. The molecule has 0 aliphatic carbocycles. The van der Waals surface area contributed by atoms with Crippen molar-refractivity contribution < 1.29 is 44.9 Å². The third-order valence-corrected chi connectivity index (χ3v) is 3.44. The van der Waals surface area contributed by atoms with Gasteiger partial charge in [-0.15, -0.1) is 0 Å². The molecular formula is C12H22O9. The van der Waals surface area contributed by atoms with Gasteiger partial charge in [0, 0.05) is 0 Å². The summed E-state index contributed by atoms with van der Waals surface area (Å²) in [6.45, 7) is 1.79. The number of ether oxygens (including phenoxy) is 2. The summed E-state index contributed by atoms with van der Waals surface area (Å²) in [5.74, 6) is -4.78. The molecule has 0 bridgehead atoms. The highest BCUT2D eigenvalue weighted by Gasteiger charge is 2.56. The van der Waals surface area contributed by atoms with E-state index in [1.54, 1.807) is 0 Å². The highest BCUT2D eigenvalue weighted by Crippen LogP contribution is 2.35. The molecule has 1 heterocycles. The standard InChI is InChI=1S/C12H22O9/c1-3-20-11(18)6-8(16)9(17)10(21-12(6,2)19)7(15)5(14)4-13/h5-10,13-17,19H,3-4H2,1-2H3/t5-,6-,7-,8+,9-,10+,12-/m1/s1. The zero-order valence-corrected chi connectivity index (χ0v) is 11.8. The maximum absolute atomic E-state index is 11.8. The summed E-state index contributed by atoms with van der Waals surface area (Å²) in [5, 5.41) is 58.0. The van der Waals surface area contributed by atoms with E-state index < -0.39 is 54.8 Å². The van der Waals surface area contributed by atoms with Gasteiger partial charge in [0.2, 0.25) is 0 Å². The lowest BCUT2D eigenvalue weighted by molar-refractivity contribution is -0.336. The molecule has 7 atom stereocenters. The molecule has 0 aromatic carbocycles. The lowest BCUT2D eigenvalue weighted by Gasteiger charge is -2.46. The fourth-order valence-electron chi connectivity index (χ4n) is 2.32. The summed E-state index contributed by atoms with van der Waals surface area (Å²) in [4.78, 5) is 11.8. The van der Waals surface area contributed by atoms with Crippen molar-refractivity contribution in [1.82, 2.24) is 0 Å². The van der Waals surface area contributed by atoms with E-state index in [-0.39, 0.29) is 6.61 Å². The van der Waals surface area contributed by atoms with E-state index in [1.165, 1.54) is 6.92 Å². The van der Waals surface area contributed by atoms with Crippen molar-refractivity contribution in [3.05, 3.63) is 0 Å². The predicted octanol–water partition coefficient (Wildman–Crippen LogP) is -3.29. The van der Waals surface area contributed by atoms with Crippen LogP contribution in [0, 0.1) is 5.92 Å². The maximum atomic E-state index is 11.8. The Morgan fingerprint density at radius 2 is 1.90 bits per heavy atom. The first-order valence-corrected chi connectivity index (χ1v) is 6.57. The molecule has 0 saturated carbocycles. The van der Waals surface area contributed by atoms with Crippen molar-refractivity contribution >= 4 is 5.97 Å². The van der Waals surface area contributed by atoms with Crippen LogP contribution in [0.25, 0.3) is 0 Å². The molecule has 9 nitrogen and oxygen atoms in total. The van der Waals surface area contributed by atoms with Crippen molar-refractivity contribution in [2.24, 2.45) is 5.92 Å². The van der Waals surface area contributed by atoms with E-state index in [0.29, 0.717) is 0 Å². The molecule has 1 fully saturated rings. The molecular weight excluding hydrogens is 288 g/mol. The van der Waals surface area contributed by atoms with Gasteiger partial charge >= 0.3 is 5.97 Å². The van der Waals surface area contributed by atoms with Crippen LogP contribution >= 0.6 is 0 Å². The van der Waals surface area contributed by atoms with Gasteiger partial charge < -0.3 is 40.1 Å². The van der Waals surface area contributed by atoms with Crippen LogP contribution in [-0.2, 0) is 14.3 Å². The van der Waals surface area contributed by atoms with Gasteiger partial charge in [-0.25, -0.2) is 0 Å². The maximum Gasteiger partial charge on any atom is 0.317 e. The van der Waals surface area contributed by atoms with Crippen molar-refractivity contribution in [1.29, 1.82) is 0 Å². The monoisotopic (exact) mass is 310 g/mol. The fourth-order valence-corrected chi connectivity index (χ4v) is 2.32. The predicted molar refractivity (Wildman–Crippen MR) is 66.7 cm³/mol. The molecule has 0 amide bonds. The summed E-state index contributed by atoms with van der Waals surface area (Å²) < 4.78 is 9.74. The summed E-state index contributed by atoms with van der Waals surface area (Å²) in [6, 6.07) is 0. The lowest BCUT2D eigenvalue weighted by atomic mass is 9.82. The molecule has 0 spiro atoms. The lowest BCUT2D eigenvalue weighted by Crippen LogP contribution is -2.66. The molecule has 6 N–H and O–H groups in total. The molecule has 1 aliphatic rings. The van der Waals surface area contributed by atoms with E-state index in [2.05, 4.69) is 0 Å². The second kappa shape index (κ2) is 6.97. The SMILES string of the molecule is CCOC(=O)[C@H]1[C@H](O)[C@@H](O)[C@H]([C@H](O)[C@H](O)CO)O[C@@]1(C)O. The highest BCUT2D eigenvalue weighted by molar-refractivity contribution is 5.74. The zero-order chi connectivity index (χ0) is 16.4. The highest BCUT2D eigenvalue weighted by atomic mass is 16.7. The Morgan fingerprint density at radius 1 is 1.33 bits per heavy atom. The number of rotatable bonds is 5. The van der Waals surface area contributed by atoms with Crippen LogP contribution in [0.5, 0.6) is 0 Å². The van der Waals surface area contributed by atoms with E-state index in [1.807, 2.05) is 0 Å². The molecule has 0 radical (unpaired) electrons. The van der Waals surface area contributed by atoms with Crippen molar-refractivity contribution in [3.63, 3.8) is 0 Å². The number of hydrogen-bond donors (Lipinski definition) is 6. The van der Waals surface area contributed by atoms with Gasteiger partial charge in [-0.1, -0.05) is 0 Å². The third kappa shape index (κ3) is 3.69. The van der Waals surface area contributed by atoms with Gasteiger partial charge in [-0.05, 0) is 13.8 Å². The van der Waals surface area contributed by atoms with E-state index >= 15 is 0 Å². The minimum atomic E-state index is -2.23. The number of carbonyl (C=O) groups is 1. The molecule has 0 aromatic heterocycles. The largest absolute Gasteiger partial charge is 0.466 e. The van der Waals surface area contributed by atoms with Crippen LogP contribution in [0.1, 0.15) is 13.8 Å². The van der Waals surface area contributed by atoms with Crippen LogP contribution < -0.4 is 0 Å². The molecule has 124 valence electrons. The van der Waals surface area contributed by atoms with Gasteiger partial charge in [0.1, 0.15) is 36.4 Å². The second-order valence-electron chi connectivity index (χ2n) is 5.09. The summed E-state index contributed by atoms with van der Waals surface area (Å²) in [6.07, 6.45) is -8.56. The van der Waals surface area contributed by atoms with Crippen LogP contribution in [-0.4, -0.2) is 86.1 Å². The topological polar surface area (TPSA) is 157 Å². The molecule has 1 aliphatic heterocycles. The van der Waals surface area contributed by atoms with E-state index in [4.69, 9.17) is 14.6 Å². The van der Waals surface area contributed by atoms with Gasteiger partial charge in [-0.2, -0.15) is 0 Å². The van der Waals surface area contributed by atoms with Crippen molar-refractivity contribution in [2.45, 2.75) is 50.2 Å². The van der Waals surface area contributed by atoms with Crippen LogP contribution in [0.15, 0.2) is 0 Å². The second-order valence-corrected chi connectivity index (χ2v) is 5.09. The van der Waals surface area contributed by atoms with Crippen LogP contribution in [0.3, 0.4) is 0 Å². The molecule has 0 unspecified atom stereocenters. The Kier molecular flexibility index (Phi) is 6.05. The van der Waals surface area contributed by atoms with Gasteiger partial charge in [-0.3, -0.25) is 4.79 Å². The molecule has 1 saturated heterocycles. The minimum absolute atomic E-state index is 0.00348. The summed E-state index contributed by atoms with van der Waals surface area (Å²) in [7, 11) is 0. The average molecular weight is 310 g/mol. The van der Waals surface area contributed by atoms with Crippen LogP contribution in [0.4, 0.5) is 0 Å².